The molecule has 1 aromatic heterocycles. The number of aromatic hydroxyl groups is 1. The van der Waals surface area contributed by atoms with Crippen molar-refractivity contribution in [1.82, 2.24) is 15.0 Å². The number of anilines is 3. The molecule has 0 aliphatic heterocycles. The molecule has 0 aliphatic carbocycles. The topological polar surface area (TPSA) is 95.0 Å². The van der Waals surface area contributed by atoms with Gasteiger partial charge in [-0.15, -0.1) is 0 Å². The summed E-state index contributed by atoms with van der Waals surface area (Å²) in [7, 11) is 0. The van der Waals surface area contributed by atoms with Crippen molar-refractivity contribution in [3.63, 3.8) is 0 Å². The van der Waals surface area contributed by atoms with E-state index in [2.05, 4.69) is 88.1 Å². The SMILES string of the molecule is CC(Nc1nc(NCc2ccccc2)nc(NCc2ccc(C(C)(C)C)cc2)n1)c1cccc(O)c1. The van der Waals surface area contributed by atoms with Crippen LogP contribution >= 0.6 is 0 Å². The van der Waals surface area contributed by atoms with Crippen molar-refractivity contribution in [3.8, 4) is 5.75 Å². The Balaban J connectivity index is 1.51. The molecule has 1 heterocycles. The molecular weight excluding hydrogens is 448 g/mol. The lowest BCUT2D eigenvalue weighted by Crippen LogP contribution is -2.15. The van der Waals surface area contributed by atoms with E-state index >= 15 is 0 Å². The van der Waals surface area contributed by atoms with Crippen molar-refractivity contribution in [2.45, 2.75) is 52.2 Å². The Labute approximate surface area is 213 Å². The molecule has 7 heteroatoms. The number of nitrogens with zero attached hydrogens (tertiary/aromatic N) is 3. The van der Waals surface area contributed by atoms with E-state index in [0.29, 0.717) is 30.9 Å². The molecular formula is C29H34N6O. The second-order valence-corrected chi connectivity index (χ2v) is 9.91. The van der Waals surface area contributed by atoms with Crippen molar-refractivity contribution in [3.05, 3.63) is 101 Å². The van der Waals surface area contributed by atoms with Gasteiger partial charge < -0.3 is 21.1 Å². The summed E-state index contributed by atoms with van der Waals surface area (Å²) in [5, 5.41) is 19.8. The fraction of sp³-hybridized carbons (Fsp3) is 0.276. The summed E-state index contributed by atoms with van der Waals surface area (Å²) in [4.78, 5) is 13.8. The second-order valence-electron chi connectivity index (χ2n) is 9.91. The normalized spacial score (nSPS) is 12.1. The highest BCUT2D eigenvalue weighted by atomic mass is 16.3. The Hall–Kier alpha value is -4.13. The van der Waals surface area contributed by atoms with E-state index in [1.54, 1.807) is 12.1 Å². The van der Waals surface area contributed by atoms with Gasteiger partial charge in [-0.25, -0.2) is 0 Å². The first-order valence-corrected chi connectivity index (χ1v) is 12.2. The smallest absolute Gasteiger partial charge is 0.229 e. The molecule has 1 unspecified atom stereocenters. The third kappa shape index (κ3) is 6.95. The third-order valence-electron chi connectivity index (χ3n) is 5.92. The Kier molecular flexibility index (Phi) is 7.68. The molecule has 7 nitrogen and oxygen atoms in total. The zero-order valence-corrected chi connectivity index (χ0v) is 21.3. The molecule has 0 saturated heterocycles. The van der Waals surface area contributed by atoms with Crippen LogP contribution in [-0.2, 0) is 18.5 Å². The fourth-order valence-corrected chi connectivity index (χ4v) is 3.75. The Morgan fingerprint density at radius 3 is 1.89 bits per heavy atom. The average molecular weight is 483 g/mol. The van der Waals surface area contributed by atoms with E-state index in [9.17, 15) is 5.11 Å². The van der Waals surface area contributed by atoms with Crippen LogP contribution in [0, 0.1) is 0 Å². The third-order valence-corrected chi connectivity index (χ3v) is 5.92. The number of benzene rings is 3. The summed E-state index contributed by atoms with van der Waals surface area (Å²) in [5.41, 5.74) is 4.62. The van der Waals surface area contributed by atoms with Crippen molar-refractivity contribution >= 4 is 17.8 Å². The number of phenolic OH excluding ortho intramolecular Hbond substituents is 1. The van der Waals surface area contributed by atoms with E-state index in [1.165, 1.54) is 5.56 Å². The summed E-state index contributed by atoms with van der Waals surface area (Å²) in [5.74, 6) is 1.62. The second kappa shape index (κ2) is 11.1. The van der Waals surface area contributed by atoms with Gasteiger partial charge in [0.15, 0.2) is 0 Å². The van der Waals surface area contributed by atoms with Gasteiger partial charge in [-0.2, -0.15) is 15.0 Å². The van der Waals surface area contributed by atoms with Crippen LogP contribution in [0.2, 0.25) is 0 Å². The van der Waals surface area contributed by atoms with Crippen LogP contribution in [0.4, 0.5) is 17.8 Å². The highest BCUT2D eigenvalue weighted by molar-refractivity contribution is 5.45. The van der Waals surface area contributed by atoms with Crippen LogP contribution in [0.15, 0.2) is 78.9 Å². The lowest BCUT2D eigenvalue weighted by molar-refractivity contribution is 0.474. The molecule has 0 bridgehead atoms. The molecule has 0 radical (unpaired) electrons. The van der Waals surface area contributed by atoms with Crippen molar-refractivity contribution in [1.29, 1.82) is 0 Å². The van der Waals surface area contributed by atoms with Crippen LogP contribution in [0.1, 0.15) is 56.0 Å². The zero-order chi connectivity index (χ0) is 25.5. The van der Waals surface area contributed by atoms with Crippen molar-refractivity contribution < 1.29 is 5.11 Å². The largest absolute Gasteiger partial charge is 0.508 e. The van der Waals surface area contributed by atoms with Gasteiger partial charge in [0.1, 0.15) is 5.75 Å². The molecule has 0 aliphatic rings. The molecule has 3 aromatic carbocycles. The van der Waals surface area contributed by atoms with E-state index in [-0.39, 0.29) is 17.2 Å². The van der Waals surface area contributed by atoms with Crippen molar-refractivity contribution in [2.75, 3.05) is 16.0 Å². The predicted octanol–water partition coefficient (Wildman–Crippen LogP) is 6.27. The molecule has 0 saturated carbocycles. The van der Waals surface area contributed by atoms with E-state index < -0.39 is 0 Å². The highest BCUT2D eigenvalue weighted by Gasteiger charge is 2.14. The maximum atomic E-state index is 9.85. The van der Waals surface area contributed by atoms with Crippen molar-refractivity contribution in [2.24, 2.45) is 0 Å². The summed E-state index contributed by atoms with van der Waals surface area (Å²) in [6.07, 6.45) is 0. The van der Waals surface area contributed by atoms with Crippen LogP contribution < -0.4 is 16.0 Å². The Morgan fingerprint density at radius 2 is 1.31 bits per heavy atom. The highest BCUT2D eigenvalue weighted by Crippen LogP contribution is 2.24. The van der Waals surface area contributed by atoms with E-state index in [0.717, 1.165) is 16.7 Å². The van der Waals surface area contributed by atoms with Gasteiger partial charge >= 0.3 is 0 Å². The number of hydrogen-bond donors (Lipinski definition) is 4. The van der Waals surface area contributed by atoms with Gasteiger partial charge in [-0.1, -0.05) is 87.5 Å². The van der Waals surface area contributed by atoms with Crippen LogP contribution in [-0.4, -0.2) is 20.1 Å². The van der Waals surface area contributed by atoms with E-state index in [1.807, 2.05) is 37.3 Å². The predicted molar refractivity (Wildman–Crippen MR) is 146 cm³/mol. The van der Waals surface area contributed by atoms with Gasteiger partial charge in [0.25, 0.3) is 0 Å². The molecule has 4 aromatic rings. The molecule has 186 valence electrons. The monoisotopic (exact) mass is 482 g/mol. The number of phenols is 1. The van der Waals surface area contributed by atoms with Gasteiger partial charge in [-0.3, -0.25) is 0 Å². The van der Waals surface area contributed by atoms with Gasteiger partial charge in [0.2, 0.25) is 17.8 Å². The Morgan fingerprint density at radius 1 is 0.722 bits per heavy atom. The maximum Gasteiger partial charge on any atom is 0.229 e. The van der Waals surface area contributed by atoms with Crippen LogP contribution in [0.5, 0.6) is 5.75 Å². The minimum Gasteiger partial charge on any atom is -0.508 e. The molecule has 0 fully saturated rings. The molecule has 4 rings (SSSR count). The Bertz CT molecular complexity index is 1270. The molecule has 1 atom stereocenters. The van der Waals surface area contributed by atoms with Crippen LogP contribution in [0.3, 0.4) is 0 Å². The zero-order valence-electron chi connectivity index (χ0n) is 21.3. The molecule has 36 heavy (non-hydrogen) atoms. The van der Waals surface area contributed by atoms with Gasteiger partial charge in [-0.05, 0) is 46.7 Å². The van der Waals surface area contributed by atoms with Crippen LogP contribution in [0.25, 0.3) is 0 Å². The van der Waals surface area contributed by atoms with Gasteiger partial charge in [0.05, 0.1) is 6.04 Å². The fourth-order valence-electron chi connectivity index (χ4n) is 3.75. The number of nitrogens with one attached hydrogen (secondary N) is 3. The summed E-state index contributed by atoms with van der Waals surface area (Å²) in [6.45, 7) is 9.82. The molecule has 0 amide bonds. The average Bonchev–Trinajstić information content (AvgIpc) is 2.86. The first-order valence-electron chi connectivity index (χ1n) is 12.2. The minimum atomic E-state index is -0.112. The van der Waals surface area contributed by atoms with E-state index in [4.69, 9.17) is 0 Å². The maximum absolute atomic E-state index is 9.85. The summed E-state index contributed by atoms with van der Waals surface area (Å²) >= 11 is 0. The van der Waals surface area contributed by atoms with Gasteiger partial charge in [0, 0.05) is 13.1 Å². The first kappa shape index (κ1) is 25.0. The molecule has 0 spiro atoms. The minimum absolute atomic E-state index is 0.112. The summed E-state index contributed by atoms with van der Waals surface area (Å²) in [6, 6.07) is 25.8. The first-order chi connectivity index (χ1) is 17.3. The molecule has 4 N–H and O–H groups in total. The lowest BCUT2D eigenvalue weighted by atomic mass is 9.87. The number of rotatable bonds is 9. The number of hydrogen-bond acceptors (Lipinski definition) is 7. The lowest BCUT2D eigenvalue weighted by Gasteiger charge is -2.19. The quantitative estimate of drug-likeness (QED) is 0.223. The summed E-state index contributed by atoms with van der Waals surface area (Å²) < 4.78 is 0. The standard InChI is InChI=1S/C29H34N6O/c1-20(23-11-8-12-25(36)17-23)32-28-34-26(30-18-21-9-6-5-7-10-21)33-27(35-28)31-19-22-13-15-24(16-14-22)29(2,3)4/h5-17,20,36H,18-19H2,1-4H3,(H3,30,31,32,33,34,35). The number of aromatic nitrogens is 3.